The number of carbonyl (C=O) groups excluding carboxylic acids is 1. The highest BCUT2D eigenvalue weighted by Gasteiger charge is 2.22. The smallest absolute Gasteiger partial charge is 0.255 e. The molecule has 0 saturated carbocycles. The van der Waals surface area contributed by atoms with Crippen molar-refractivity contribution < 1.29 is 4.79 Å². The summed E-state index contributed by atoms with van der Waals surface area (Å²) in [5.41, 5.74) is 5.13. The molecule has 6 heteroatoms. The van der Waals surface area contributed by atoms with Gasteiger partial charge in [0.2, 0.25) is 0 Å². The quantitative estimate of drug-likeness (QED) is 0.383. The molecule has 0 spiro atoms. The highest BCUT2D eigenvalue weighted by atomic mass is 35.5. The third-order valence-electron chi connectivity index (χ3n) is 5.49. The predicted molar refractivity (Wildman–Crippen MR) is 121 cm³/mol. The Bertz CT molecular complexity index is 1220. The fourth-order valence-electron chi connectivity index (χ4n) is 3.97. The molecule has 1 aliphatic heterocycles. The van der Waals surface area contributed by atoms with Gasteiger partial charge in [-0.15, -0.1) is 0 Å². The van der Waals surface area contributed by atoms with Crippen LogP contribution < -0.4 is 0 Å². The standard InChI is InChI=1S/C24H19Cl2N3O/c25-19-8-3-16(4-9-19)22-23(17-5-10-20(26)11-6-17)29-15-18(7-12-21(29)27-22)24(30)28-13-1-2-14-28/h3-12,15H,1-2,13-14H2. The molecule has 150 valence electrons. The zero-order valence-electron chi connectivity index (χ0n) is 16.2. The van der Waals surface area contributed by atoms with Gasteiger partial charge < -0.3 is 4.90 Å². The number of pyridine rings is 1. The molecule has 2 aromatic carbocycles. The minimum Gasteiger partial charge on any atom is -0.339 e. The van der Waals surface area contributed by atoms with Crippen LogP contribution in [0.2, 0.25) is 10.0 Å². The number of fused-ring (bicyclic) bond motifs is 1. The predicted octanol–water partition coefficient (Wildman–Crippen LogP) is 6.21. The maximum absolute atomic E-state index is 13.0. The van der Waals surface area contributed by atoms with Gasteiger partial charge in [0.1, 0.15) is 5.65 Å². The van der Waals surface area contributed by atoms with Crippen LogP contribution in [0.3, 0.4) is 0 Å². The minimum atomic E-state index is 0.0678. The van der Waals surface area contributed by atoms with Gasteiger partial charge in [-0.3, -0.25) is 9.20 Å². The summed E-state index contributed by atoms with van der Waals surface area (Å²) < 4.78 is 2.00. The number of halogens is 2. The Morgan fingerprint density at radius 3 is 2.03 bits per heavy atom. The van der Waals surface area contributed by atoms with Gasteiger partial charge >= 0.3 is 0 Å². The molecule has 0 N–H and O–H groups in total. The SMILES string of the molecule is O=C(c1ccc2nc(-c3ccc(Cl)cc3)c(-c3ccc(Cl)cc3)n2c1)N1CCCC1. The number of likely N-dealkylation sites (tertiary alicyclic amines) is 1. The number of aromatic nitrogens is 2. The van der Waals surface area contributed by atoms with Crippen LogP contribution in [-0.2, 0) is 0 Å². The van der Waals surface area contributed by atoms with Gasteiger partial charge in [0.25, 0.3) is 5.91 Å². The van der Waals surface area contributed by atoms with Gasteiger partial charge in [0, 0.05) is 40.5 Å². The maximum atomic E-state index is 13.0. The molecule has 0 unspecified atom stereocenters. The summed E-state index contributed by atoms with van der Waals surface area (Å²) in [6.45, 7) is 1.64. The number of imidazole rings is 1. The van der Waals surface area contributed by atoms with Crippen LogP contribution in [-0.4, -0.2) is 33.3 Å². The van der Waals surface area contributed by atoms with Crippen molar-refractivity contribution in [3.63, 3.8) is 0 Å². The summed E-state index contributed by atoms with van der Waals surface area (Å²) in [5.74, 6) is 0.0678. The van der Waals surface area contributed by atoms with Crippen LogP contribution in [0, 0.1) is 0 Å². The Hall–Kier alpha value is -2.82. The van der Waals surface area contributed by atoms with Gasteiger partial charge in [0.15, 0.2) is 0 Å². The van der Waals surface area contributed by atoms with Crippen molar-refractivity contribution in [1.29, 1.82) is 0 Å². The largest absolute Gasteiger partial charge is 0.339 e. The number of hydrogen-bond donors (Lipinski definition) is 0. The van der Waals surface area contributed by atoms with Crippen molar-refractivity contribution in [3.05, 3.63) is 82.5 Å². The molecule has 5 rings (SSSR count). The highest BCUT2D eigenvalue weighted by Crippen LogP contribution is 2.34. The fourth-order valence-corrected chi connectivity index (χ4v) is 4.22. The van der Waals surface area contributed by atoms with Crippen molar-refractivity contribution >= 4 is 34.8 Å². The Balaban J connectivity index is 1.70. The Morgan fingerprint density at radius 1 is 0.800 bits per heavy atom. The van der Waals surface area contributed by atoms with Gasteiger partial charge in [-0.2, -0.15) is 0 Å². The number of amides is 1. The Labute approximate surface area is 184 Å². The van der Waals surface area contributed by atoms with E-state index in [2.05, 4.69) is 0 Å². The van der Waals surface area contributed by atoms with E-state index in [1.54, 1.807) is 0 Å². The lowest BCUT2D eigenvalue weighted by molar-refractivity contribution is 0.0792. The number of hydrogen-bond acceptors (Lipinski definition) is 2. The van der Waals surface area contributed by atoms with Crippen molar-refractivity contribution in [3.8, 4) is 22.5 Å². The van der Waals surface area contributed by atoms with Gasteiger partial charge in [-0.05, 0) is 49.2 Å². The second kappa shape index (κ2) is 7.78. The molecule has 0 atom stereocenters. The fraction of sp³-hybridized carbons (Fsp3) is 0.167. The van der Waals surface area contributed by atoms with E-state index in [0.717, 1.165) is 54.1 Å². The third kappa shape index (κ3) is 3.47. The van der Waals surface area contributed by atoms with Crippen LogP contribution in [0.1, 0.15) is 23.2 Å². The van der Waals surface area contributed by atoms with Crippen LogP contribution >= 0.6 is 23.2 Å². The normalized spacial score (nSPS) is 13.9. The van der Waals surface area contributed by atoms with E-state index in [1.807, 2.05) is 76.2 Å². The molecule has 3 heterocycles. The molecule has 30 heavy (non-hydrogen) atoms. The summed E-state index contributed by atoms with van der Waals surface area (Å²) in [7, 11) is 0. The van der Waals surface area contributed by atoms with Crippen molar-refractivity contribution in [2.24, 2.45) is 0 Å². The van der Waals surface area contributed by atoms with E-state index in [1.165, 1.54) is 0 Å². The molecule has 1 aliphatic rings. The number of benzene rings is 2. The first kappa shape index (κ1) is 19.2. The average molecular weight is 436 g/mol. The number of nitrogens with zero attached hydrogens (tertiary/aromatic N) is 3. The van der Waals surface area contributed by atoms with E-state index in [9.17, 15) is 4.79 Å². The molecule has 4 nitrogen and oxygen atoms in total. The first-order valence-electron chi connectivity index (χ1n) is 9.93. The Kier molecular flexibility index (Phi) is 4.97. The van der Waals surface area contributed by atoms with E-state index < -0.39 is 0 Å². The van der Waals surface area contributed by atoms with Crippen LogP contribution in [0.4, 0.5) is 0 Å². The van der Waals surface area contributed by atoms with Crippen molar-refractivity contribution in [1.82, 2.24) is 14.3 Å². The van der Waals surface area contributed by atoms with Crippen LogP contribution in [0.5, 0.6) is 0 Å². The van der Waals surface area contributed by atoms with Crippen molar-refractivity contribution in [2.75, 3.05) is 13.1 Å². The molecule has 1 fully saturated rings. The molecule has 1 saturated heterocycles. The van der Waals surface area contributed by atoms with Gasteiger partial charge in [-0.1, -0.05) is 47.5 Å². The number of carbonyl (C=O) groups is 1. The summed E-state index contributed by atoms with van der Waals surface area (Å²) >= 11 is 12.2. The molecule has 0 aliphatic carbocycles. The summed E-state index contributed by atoms with van der Waals surface area (Å²) in [6.07, 6.45) is 4.03. The lowest BCUT2D eigenvalue weighted by Gasteiger charge is -2.15. The second-order valence-electron chi connectivity index (χ2n) is 7.47. The van der Waals surface area contributed by atoms with Crippen LogP contribution in [0.25, 0.3) is 28.2 Å². The summed E-state index contributed by atoms with van der Waals surface area (Å²) in [4.78, 5) is 19.7. The van der Waals surface area contributed by atoms with E-state index in [-0.39, 0.29) is 5.91 Å². The van der Waals surface area contributed by atoms with Gasteiger partial charge in [-0.25, -0.2) is 4.98 Å². The molecule has 2 aromatic heterocycles. The summed E-state index contributed by atoms with van der Waals surface area (Å²) in [6, 6.07) is 19.1. The molecule has 0 radical (unpaired) electrons. The zero-order valence-corrected chi connectivity index (χ0v) is 17.7. The second-order valence-corrected chi connectivity index (χ2v) is 8.34. The monoisotopic (exact) mass is 435 g/mol. The highest BCUT2D eigenvalue weighted by molar-refractivity contribution is 6.31. The maximum Gasteiger partial charge on any atom is 0.255 e. The van der Waals surface area contributed by atoms with E-state index in [0.29, 0.717) is 15.6 Å². The van der Waals surface area contributed by atoms with Gasteiger partial charge in [0.05, 0.1) is 17.0 Å². The van der Waals surface area contributed by atoms with E-state index >= 15 is 0 Å². The Morgan fingerprint density at radius 2 is 1.40 bits per heavy atom. The summed E-state index contributed by atoms with van der Waals surface area (Å²) in [5, 5.41) is 1.35. The van der Waals surface area contributed by atoms with Crippen molar-refractivity contribution in [2.45, 2.75) is 12.8 Å². The van der Waals surface area contributed by atoms with Crippen LogP contribution in [0.15, 0.2) is 66.9 Å². The topological polar surface area (TPSA) is 37.6 Å². The molecule has 4 aromatic rings. The molecular formula is C24H19Cl2N3O. The first-order chi connectivity index (χ1) is 14.6. The lowest BCUT2D eigenvalue weighted by Crippen LogP contribution is -2.27. The first-order valence-corrected chi connectivity index (χ1v) is 10.7. The molecule has 0 bridgehead atoms. The molecule has 1 amide bonds. The number of rotatable bonds is 3. The lowest BCUT2D eigenvalue weighted by atomic mass is 10.0. The third-order valence-corrected chi connectivity index (χ3v) is 6.00. The zero-order chi connectivity index (χ0) is 20.7. The average Bonchev–Trinajstić information content (AvgIpc) is 3.42. The van der Waals surface area contributed by atoms with E-state index in [4.69, 9.17) is 28.2 Å². The minimum absolute atomic E-state index is 0.0678. The molecular weight excluding hydrogens is 417 g/mol.